The van der Waals surface area contributed by atoms with Crippen LogP contribution in [0.15, 0.2) is 59.5 Å². The number of carbonyl (C=O) groups is 1. The molecule has 0 aromatic heterocycles. The van der Waals surface area contributed by atoms with Crippen LogP contribution in [0.5, 0.6) is 0 Å². The normalized spacial score (nSPS) is 17.2. The maximum atomic E-state index is 13.1. The summed E-state index contributed by atoms with van der Waals surface area (Å²) >= 11 is 1.87. The number of amides is 2. The molecule has 2 aromatic carbocycles. The van der Waals surface area contributed by atoms with Crippen molar-refractivity contribution in [3.63, 3.8) is 0 Å². The molecule has 0 N–H and O–H groups in total. The van der Waals surface area contributed by atoms with Gasteiger partial charge in [0, 0.05) is 36.8 Å². The summed E-state index contributed by atoms with van der Waals surface area (Å²) in [5.41, 5.74) is 2.39. The molecule has 1 unspecified atom stereocenters. The topological polar surface area (TPSA) is 26.8 Å². The van der Waals surface area contributed by atoms with Gasteiger partial charge in [0.1, 0.15) is 0 Å². The molecule has 3 rings (SSSR count). The molecular formula is C22H29N3OS. The van der Waals surface area contributed by atoms with Crippen LogP contribution < -0.4 is 4.90 Å². The molecule has 0 bridgehead atoms. The minimum Gasteiger partial charge on any atom is -0.326 e. The van der Waals surface area contributed by atoms with Crippen LogP contribution in [0, 0.1) is 0 Å². The van der Waals surface area contributed by atoms with E-state index in [-0.39, 0.29) is 6.03 Å². The molecule has 144 valence electrons. The van der Waals surface area contributed by atoms with E-state index >= 15 is 0 Å². The molecule has 0 saturated carbocycles. The third-order valence-corrected chi connectivity index (χ3v) is 6.28. The molecule has 0 radical (unpaired) electrons. The Morgan fingerprint density at radius 3 is 2.48 bits per heavy atom. The fraction of sp³-hybridized carbons (Fsp3) is 0.409. The number of rotatable bonds is 4. The minimum atomic E-state index is 0.0862. The van der Waals surface area contributed by atoms with Crippen LogP contribution in [-0.4, -0.2) is 56.6 Å². The van der Waals surface area contributed by atoms with Crippen LogP contribution in [0.25, 0.3) is 0 Å². The van der Waals surface area contributed by atoms with E-state index in [0.717, 1.165) is 38.2 Å². The van der Waals surface area contributed by atoms with Crippen LogP contribution in [0.2, 0.25) is 0 Å². The van der Waals surface area contributed by atoms with E-state index < -0.39 is 0 Å². The zero-order valence-corrected chi connectivity index (χ0v) is 17.3. The van der Waals surface area contributed by atoms with Gasteiger partial charge in [-0.1, -0.05) is 42.5 Å². The summed E-state index contributed by atoms with van der Waals surface area (Å²) in [6.07, 6.45) is 2.06. The van der Waals surface area contributed by atoms with Crippen LogP contribution in [0.1, 0.15) is 23.7 Å². The van der Waals surface area contributed by atoms with Gasteiger partial charge >= 0.3 is 6.03 Å². The highest BCUT2D eigenvalue weighted by Crippen LogP contribution is 2.44. The quantitative estimate of drug-likeness (QED) is 0.763. The van der Waals surface area contributed by atoms with E-state index in [9.17, 15) is 4.79 Å². The summed E-state index contributed by atoms with van der Waals surface area (Å²) in [5.74, 6) is 0. The molecule has 0 saturated heterocycles. The number of carbonyl (C=O) groups excluding carboxylic acids is 1. The average molecular weight is 384 g/mol. The number of para-hydroxylation sites is 1. The monoisotopic (exact) mass is 383 g/mol. The zero-order valence-electron chi connectivity index (χ0n) is 16.5. The van der Waals surface area contributed by atoms with Crippen molar-refractivity contribution < 1.29 is 4.79 Å². The van der Waals surface area contributed by atoms with Gasteiger partial charge in [-0.05, 0) is 44.6 Å². The number of nitrogens with zero attached hydrogens (tertiary/aromatic N) is 3. The van der Waals surface area contributed by atoms with Gasteiger partial charge in [-0.25, -0.2) is 4.79 Å². The number of hydrogen-bond donors (Lipinski definition) is 0. The van der Waals surface area contributed by atoms with Crippen LogP contribution in [-0.2, 0) is 0 Å². The maximum Gasteiger partial charge on any atom is 0.324 e. The number of anilines is 1. The molecule has 0 fully saturated rings. The Labute approximate surface area is 167 Å². The maximum absolute atomic E-state index is 13.1. The highest BCUT2D eigenvalue weighted by atomic mass is 32.2. The second kappa shape index (κ2) is 9.29. The van der Waals surface area contributed by atoms with Gasteiger partial charge in [0.05, 0.1) is 5.69 Å². The standard InChI is InChI=1S/C22H29N3OS/c1-23(2)16-17-24(3)22(26)25-15-9-14-20(18-10-5-4-6-11-18)27-21-13-8-7-12-19(21)25/h4-8,10-13,20H,9,14-17H2,1-3H3. The lowest BCUT2D eigenvalue weighted by Crippen LogP contribution is -2.44. The molecule has 0 spiro atoms. The Balaban J connectivity index is 1.82. The van der Waals surface area contributed by atoms with Crippen molar-refractivity contribution in [1.82, 2.24) is 9.80 Å². The zero-order chi connectivity index (χ0) is 19.2. The molecule has 2 aromatic rings. The highest BCUT2D eigenvalue weighted by molar-refractivity contribution is 7.99. The van der Waals surface area contributed by atoms with Crippen LogP contribution in [0.3, 0.4) is 0 Å². The van der Waals surface area contributed by atoms with E-state index in [0.29, 0.717) is 5.25 Å². The first-order valence-electron chi connectivity index (χ1n) is 9.54. The summed E-state index contributed by atoms with van der Waals surface area (Å²) in [6.45, 7) is 2.35. The smallest absolute Gasteiger partial charge is 0.324 e. The van der Waals surface area contributed by atoms with E-state index in [1.54, 1.807) is 0 Å². The van der Waals surface area contributed by atoms with Gasteiger partial charge < -0.3 is 9.80 Å². The van der Waals surface area contributed by atoms with Crippen molar-refractivity contribution in [3.05, 3.63) is 60.2 Å². The minimum absolute atomic E-state index is 0.0862. The largest absolute Gasteiger partial charge is 0.326 e. The number of thioether (sulfide) groups is 1. The fourth-order valence-electron chi connectivity index (χ4n) is 3.30. The van der Waals surface area contributed by atoms with Crippen LogP contribution in [0.4, 0.5) is 10.5 Å². The first kappa shape index (κ1) is 19.8. The van der Waals surface area contributed by atoms with Crippen molar-refractivity contribution in [2.24, 2.45) is 0 Å². The first-order valence-corrected chi connectivity index (χ1v) is 10.4. The molecule has 1 aliphatic heterocycles. The van der Waals surface area contributed by atoms with Crippen molar-refractivity contribution in [2.75, 3.05) is 45.7 Å². The first-order chi connectivity index (χ1) is 13.1. The number of likely N-dealkylation sites (N-methyl/N-ethyl adjacent to an activating group) is 2. The second-order valence-corrected chi connectivity index (χ2v) is 8.53. The third-order valence-electron chi connectivity index (χ3n) is 4.88. The van der Waals surface area contributed by atoms with E-state index in [1.165, 1.54) is 10.5 Å². The van der Waals surface area contributed by atoms with Gasteiger partial charge in [0.15, 0.2) is 0 Å². The Bertz CT molecular complexity index is 750. The Morgan fingerprint density at radius 1 is 1.04 bits per heavy atom. The summed E-state index contributed by atoms with van der Waals surface area (Å²) < 4.78 is 0. The Hall–Kier alpha value is -1.98. The van der Waals surface area contributed by atoms with E-state index in [1.807, 2.05) is 48.8 Å². The predicted molar refractivity (Wildman–Crippen MR) is 115 cm³/mol. The molecule has 5 heteroatoms. The lowest BCUT2D eigenvalue weighted by Gasteiger charge is -2.33. The molecule has 4 nitrogen and oxygen atoms in total. The summed E-state index contributed by atoms with van der Waals surface area (Å²) in [7, 11) is 5.96. The van der Waals surface area contributed by atoms with Crippen molar-refractivity contribution in [1.29, 1.82) is 0 Å². The lowest BCUT2D eigenvalue weighted by molar-refractivity contribution is 0.210. The van der Waals surface area contributed by atoms with Crippen molar-refractivity contribution in [2.45, 2.75) is 23.0 Å². The Morgan fingerprint density at radius 2 is 1.74 bits per heavy atom. The third kappa shape index (κ3) is 5.05. The van der Waals surface area contributed by atoms with E-state index in [4.69, 9.17) is 0 Å². The molecule has 27 heavy (non-hydrogen) atoms. The molecule has 1 aliphatic rings. The average Bonchev–Trinajstić information content (AvgIpc) is 2.67. The molecule has 0 aliphatic carbocycles. The van der Waals surface area contributed by atoms with Gasteiger partial charge in [-0.2, -0.15) is 0 Å². The highest BCUT2D eigenvalue weighted by Gasteiger charge is 2.26. The molecule has 2 amide bonds. The van der Waals surface area contributed by atoms with E-state index in [2.05, 4.69) is 53.4 Å². The predicted octanol–water partition coefficient (Wildman–Crippen LogP) is 4.73. The summed E-state index contributed by atoms with van der Waals surface area (Å²) in [5, 5.41) is 0.427. The van der Waals surface area contributed by atoms with Gasteiger partial charge in [0.2, 0.25) is 0 Å². The van der Waals surface area contributed by atoms with Crippen molar-refractivity contribution >= 4 is 23.5 Å². The lowest BCUT2D eigenvalue weighted by atomic mass is 10.1. The van der Waals surface area contributed by atoms with Gasteiger partial charge in [-0.3, -0.25) is 4.90 Å². The second-order valence-electron chi connectivity index (χ2n) is 7.29. The molecule has 1 atom stereocenters. The van der Waals surface area contributed by atoms with Gasteiger partial charge in [0.25, 0.3) is 0 Å². The number of hydrogen-bond acceptors (Lipinski definition) is 3. The van der Waals surface area contributed by atoms with Crippen LogP contribution >= 0.6 is 11.8 Å². The summed E-state index contributed by atoms with van der Waals surface area (Å²) in [6, 6.07) is 19.1. The summed E-state index contributed by atoms with van der Waals surface area (Å²) in [4.78, 5) is 20.2. The molecule has 1 heterocycles. The fourth-order valence-corrected chi connectivity index (χ4v) is 4.64. The van der Waals surface area contributed by atoms with Gasteiger partial charge in [-0.15, -0.1) is 11.8 Å². The Kier molecular flexibility index (Phi) is 6.80. The molecular weight excluding hydrogens is 354 g/mol. The number of fused-ring (bicyclic) bond motifs is 1. The van der Waals surface area contributed by atoms with Crippen molar-refractivity contribution in [3.8, 4) is 0 Å². The SMILES string of the molecule is CN(C)CCN(C)C(=O)N1CCCC(c2ccccc2)Sc2ccccc21. The number of urea groups is 1. The number of benzene rings is 2.